The number of amides is 4. The van der Waals surface area contributed by atoms with Crippen LogP contribution < -0.4 is 10.6 Å². The fourth-order valence-corrected chi connectivity index (χ4v) is 3.60. The Morgan fingerprint density at radius 3 is 2.29 bits per heavy atom. The number of hydrogen-bond donors (Lipinski definition) is 2. The van der Waals surface area contributed by atoms with Gasteiger partial charge in [0, 0.05) is 10.7 Å². The lowest BCUT2D eigenvalue weighted by Crippen LogP contribution is -2.44. The van der Waals surface area contributed by atoms with E-state index in [4.69, 9.17) is 11.6 Å². The molecule has 0 saturated carbocycles. The molecule has 1 heterocycles. The largest absolute Gasteiger partial charge is 0.325 e. The van der Waals surface area contributed by atoms with E-state index < -0.39 is 23.4 Å². The molecule has 0 unspecified atom stereocenters. The molecule has 0 aromatic heterocycles. The Hall–Kier alpha value is -2.86. The minimum absolute atomic E-state index is 0.353. The SMILES string of the molecule is CC[C@@]1(c2ccc(Cl)cc2)NC(=O)N(CC(=O)Nc2c(C)cccc2C)C1=O. The Bertz CT molecular complexity index is 922. The van der Waals surface area contributed by atoms with Crippen molar-refractivity contribution < 1.29 is 14.4 Å². The molecule has 1 atom stereocenters. The predicted molar refractivity (Wildman–Crippen MR) is 108 cm³/mol. The van der Waals surface area contributed by atoms with Crippen LogP contribution in [-0.2, 0) is 15.1 Å². The number of halogens is 1. The van der Waals surface area contributed by atoms with Crippen LogP contribution >= 0.6 is 11.6 Å². The second-order valence-corrected chi connectivity index (χ2v) is 7.34. The van der Waals surface area contributed by atoms with Crippen LogP contribution in [0.3, 0.4) is 0 Å². The van der Waals surface area contributed by atoms with E-state index in [0.717, 1.165) is 16.0 Å². The minimum Gasteiger partial charge on any atom is -0.324 e. The van der Waals surface area contributed by atoms with Crippen LogP contribution in [0.15, 0.2) is 42.5 Å². The summed E-state index contributed by atoms with van der Waals surface area (Å²) in [5.41, 5.74) is 1.96. The molecular formula is C21H22ClN3O3. The molecule has 2 N–H and O–H groups in total. The van der Waals surface area contributed by atoms with Crippen molar-refractivity contribution in [2.75, 3.05) is 11.9 Å². The molecular weight excluding hydrogens is 378 g/mol. The highest BCUT2D eigenvalue weighted by Gasteiger charge is 2.51. The molecule has 0 bridgehead atoms. The third kappa shape index (κ3) is 3.47. The number of imide groups is 1. The molecule has 3 rings (SSSR count). The van der Waals surface area contributed by atoms with E-state index in [-0.39, 0.29) is 6.54 Å². The van der Waals surface area contributed by atoms with Crippen molar-refractivity contribution in [3.8, 4) is 0 Å². The summed E-state index contributed by atoms with van der Waals surface area (Å²) < 4.78 is 0. The minimum atomic E-state index is -1.19. The second kappa shape index (κ2) is 7.64. The summed E-state index contributed by atoms with van der Waals surface area (Å²) >= 11 is 5.94. The molecule has 2 aromatic rings. The maximum atomic E-state index is 13.1. The van der Waals surface area contributed by atoms with Crippen molar-refractivity contribution in [2.24, 2.45) is 0 Å². The van der Waals surface area contributed by atoms with Crippen molar-refractivity contribution in [3.05, 3.63) is 64.2 Å². The monoisotopic (exact) mass is 399 g/mol. The van der Waals surface area contributed by atoms with Gasteiger partial charge in [-0.3, -0.25) is 14.5 Å². The molecule has 1 aliphatic heterocycles. The fourth-order valence-electron chi connectivity index (χ4n) is 3.48. The van der Waals surface area contributed by atoms with Crippen LogP contribution in [-0.4, -0.2) is 29.3 Å². The number of nitrogens with zero attached hydrogens (tertiary/aromatic N) is 1. The lowest BCUT2D eigenvalue weighted by molar-refractivity contribution is -0.134. The van der Waals surface area contributed by atoms with Crippen molar-refractivity contribution in [2.45, 2.75) is 32.7 Å². The van der Waals surface area contributed by atoms with E-state index in [1.54, 1.807) is 24.3 Å². The maximum absolute atomic E-state index is 13.1. The summed E-state index contributed by atoms with van der Waals surface area (Å²) in [6.45, 7) is 5.23. The normalized spacial score (nSPS) is 18.9. The highest BCUT2D eigenvalue weighted by Crippen LogP contribution is 2.33. The first-order chi connectivity index (χ1) is 13.3. The zero-order valence-electron chi connectivity index (χ0n) is 16.0. The molecule has 1 fully saturated rings. The van der Waals surface area contributed by atoms with Gasteiger partial charge >= 0.3 is 6.03 Å². The maximum Gasteiger partial charge on any atom is 0.325 e. The molecule has 146 valence electrons. The molecule has 6 nitrogen and oxygen atoms in total. The third-order valence-electron chi connectivity index (χ3n) is 5.09. The highest BCUT2D eigenvalue weighted by atomic mass is 35.5. The van der Waals surface area contributed by atoms with Gasteiger partial charge in [-0.25, -0.2) is 4.79 Å². The summed E-state index contributed by atoms with van der Waals surface area (Å²) in [5.74, 6) is -0.872. The number of rotatable bonds is 5. The van der Waals surface area contributed by atoms with Crippen molar-refractivity contribution in [1.29, 1.82) is 0 Å². The Morgan fingerprint density at radius 1 is 1.11 bits per heavy atom. The standard InChI is InChI=1S/C21H22ClN3O3/c1-4-21(15-8-10-16(22)11-9-15)19(27)25(20(28)24-21)12-17(26)23-18-13(2)6-5-7-14(18)3/h5-11H,4,12H2,1-3H3,(H,23,26)(H,24,28)/t21-/m0/s1. The van der Waals surface area contributed by atoms with Crippen LogP contribution in [0, 0.1) is 13.8 Å². The summed E-state index contributed by atoms with van der Waals surface area (Å²) in [6.07, 6.45) is 0.355. The van der Waals surface area contributed by atoms with Gasteiger partial charge in [-0.2, -0.15) is 0 Å². The zero-order chi connectivity index (χ0) is 20.5. The first-order valence-corrected chi connectivity index (χ1v) is 9.42. The Labute approximate surface area is 168 Å². The van der Waals surface area contributed by atoms with Gasteiger partial charge in [-0.1, -0.05) is 48.9 Å². The third-order valence-corrected chi connectivity index (χ3v) is 5.34. The number of anilines is 1. The van der Waals surface area contributed by atoms with Crippen LogP contribution in [0.5, 0.6) is 0 Å². The molecule has 1 saturated heterocycles. The van der Waals surface area contributed by atoms with Gasteiger partial charge in [0.05, 0.1) is 0 Å². The molecule has 2 aromatic carbocycles. The first-order valence-electron chi connectivity index (χ1n) is 9.04. The molecule has 0 spiro atoms. The molecule has 7 heteroatoms. The fraction of sp³-hybridized carbons (Fsp3) is 0.286. The quantitative estimate of drug-likeness (QED) is 0.751. The lowest BCUT2D eigenvalue weighted by atomic mass is 9.87. The average molecular weight is 400 g/mol. The summed E-state index contributed by atoms with van der Waals surface area (Å²) in [4.78, 5) is 39.1. The average Bonchev–Trinajstić information content (AvgIpc) is 2.90. The van der Waals surface area contributed by atoms with Crippen molar-refractivity contribution in [3.63, 3.8) is 0 Å². The van der Waals surface area contributed by atoms with Gasteiger partial charge in [0.2, 0.25) is 5.91 Å². The topological polar surface area (TPSA) is 78.5 Å². The number of nitrogens with one attached hydrogen (secondary N) is 2. The summed E-state index contributed by atoms with van der Waals surface area (Å²) in [7, 11) is 0. The zero-order valence-corrected chi connectivity index (χ0v) is 16.8. The number of carbonyl (C=O) groups is 3. The molecule has 1 aliphatic rings. The van der Waals surface area contributed by atoms with Crippen molar-refractivity contribution in [1.82, 2.24) is 10.2 Å². The first kappa shape index (κ1) is 19.9. The van der Waals surface area contributed by atoms with E-state index in [2.05, 4.69) is 10.6 Å². The van der Waals surface area contributed by atoms with Gasteiger partial charge in [0.25, 0.3) is 5.91 Å². The van der Waals surface area contributed by atoms with Gasteiger partial charge < -0.3 is 10.6 Å². The highest BCUT2D eigenvalue weighted by molar-refractivity contribution is 6.30. The lowest BCUT2D eigenvalue weighted by Gasteiger charge is -2.25. The number of benzene rings is 2. The summed E-state index contributed by atoms with van der Waals surface area (Å²) in [6, 6.07) is 11.9. The Balaban J connectivity index is 1.81. The van der Waals surface area contributed by atoms with Crippen LogP contribution in [0.4, 0.5) is 10.5 Å². The van der Waals surface area contributed by atoms with E-state index in [1.165, 1.54) is 0 Å². The van der Waals surface area contributed by atoms with E-state index in [0.29, 0.717) is 22.7 Å². The Kier molecular flexibility index (Phi) is 5.42. The van der Waals surface area contributed by atoms with E-state index >= 15 is 0 Å². The summed E-state index contributed by atoms with van der Waals surface area (Å²) in [5, 5.41) is 6.11. The van der Waals surface area contributed by atoms with Crippen molar-refractivity contribution >= 4 is 35.1 Å². The number of urea groups is 1. The number of hydrogen-bond acceptors (Lipinski definition) is 3. The van der Waals surface area contributed by atoms with Crippen LogP contribution in [0.25, 0.3) is 0 Å². The number of para-hydroxylation sites is 1. The smallest absolute Gasteiger partial charge is 0.324 e. The van der Waals surface area contributed by atoms with Crippen LogP contribution in [0.1, 0.15) is 30.0 Å². The van der Waals surface area contributed by atoms with Gasteiger partial charge in [0.1, 0.15) is 12.1 Å². The van der Waals surface area contributed by atoms with Crippen LogP contribution in [0.2, 0.25) is 5.02 Å². The molecule has 0 radical (unpaired) electrons. The van der Waals surface area contributed by atoms with E-state index in [9.17, 15) is 14.4 Å². The number of aryl methyl sites for hydroxylation is 2. The van der Waals surface area contributed by atoms with Gasteiger partial charge in [-0.15, -0.1) is 0 Å². The molecule has 4 amide bonds. The predicted octanol–water partition coefficient (Wildman–Crippen LogP) is 3.75. The van der Waals surface area contributed by atoms with E-state index in [1.807, 2.05) is 39.0 Å². The van der Waals surface area contributed by atoms with Gasteiger partial charge in [-0.05, 0) is 49.1 Å². The second-order valence-electron chi connectivity index (χ2n) is 6.90. The molecule has 0 aliphatic carbocycles. The number of carbonyl (C=O) groups excluding carboxylic acids is 3. The molecule has 28 heavy (non-hydrogen) atoms. The Morgan fingerprint density at radius 2 is 1.71 bits per heavy atom. The van der Waals surface area contributed by atoms with Gasteiger partial charge in [0.15, 0.2) is 0 Å².